The highest BCUT2D eigenvalue weighted by atomic mass is 16.3. The molecule has 0 saturated heterocycles. The third-order valence-electron chi connectivity index (χ3n) is 3.70. The highest BCUT2D eigenvalue weighted by Crippen LogP contribution is 2.40. The first-order valence-electron chi connectivity index (χ1n) is 7.11. The van der Waals surface area contributed by atoms with Gasteiger partial charge in [-0.15, -0.1) is 0 Å². The maximum Gasteiger partial charge on any atom is 0.258 e. The minimum Gasteiger partial charge on any atom is -0.493 e. The predicted molar refractivity (Wildman–Crippen MR) is 77.9 cm³/mol. The summed E-state index contributed by atoms with van der Waals surface area (Å²) in [5.74, 6) is 0.937. The number of nitrogens with one attached hydrogen (secondary N) is 1. The van der Waals surface area contributed by atoms with Crippen molar-refractivity contribution in [2.45, 2.75) is 38.5 Å². The van der Waals surface area contributed by atoms with Gasteiger partial charge in [0.2, 0.25) is 5.88 Å². The Labute approximate surface area is 117 Å². The SMILES string of the molecule is CCCc1c(O)nc(-c2cccc(C3CC3)c2)[nH]c1=O. The molecule has 0 atom stereocenters. The zero-order valence-electron chi connectivity index (χ0n) is 11.5. The van der Waals surface area contributed by atoms with Crippen molar-refractivity contribution < 1.29 is 5.11 Å². The second-order valence-electron chi connectivity index (χ2n) is 5.37. The van der Waals surface area contributed by atoms with E-state index in [9.17, 15) is 9.90 Å². The molecule has 1 fully saturated rings. The van der Waals surface area contributed by atoms with Gasteiger partial charge in [-0.1, -0.05) is 31.5 Å². The smallest absolute Gasteiger partial charge is 0.258 e. The molecule has 3 rings (SSSR count). The Morgan fingerprint density at radius 2 is 2.20 bits per heavy atom. The number of aromatic nitrogens is 2. The molecule has 0 unspecified atom stereocenters. The number of hydrogen-bond acceptors (Lipinski definition) is 3. The molecule has 1 saturated carbocycles. The molecule has 4 nitrogen and oxygen atoms in total. The lowest BCUT2D eigenvalue weighted by Gasteiger charge is -2.07. The molecule has 104 valence electrons. The Kier molecular flexibility index (Phi) is 3.30. The van der Waals surface area contributed by atoms with E-state index >= 15 is 0 Å². The van der Waals surface area contributed by atoms with Crippen molar-refractivity contribution >= 4 is 0 Å². The summed E-state index contributed by atoms with van der Waals surface area (Å²) in [6.07, 6.45) is 3.80. The van der Waals surface area contributed by atoms with Crippen LogP contribution in [-0.2, 0) is 6.42 Å². The van der Waals surface area contributed by atoms with Crippen molar-refractivity contribution in [3.63, 3.8) is 0 Å². The van der Waals surface area contributed by atoms with E-state index in [-0.39, 0.29) is 11.4 Å². The molecular weight excluding hydrogens is 252 g/mol. The summed E-state index contributed by atoms with van der Waals surface area (Å²) in [5.41, 5.74) is 2.26. The predicted octanol–water partition coefficient (Wildman–Crippen LogP) is 2.97. The van der Waals surface area contributed by atoms with Gasteiger partial charge in [0.15, 0.2) is 0 Å². The molecule has 0 radical (unpaired) electrons. The second kappa shape index (κ2) is 5.12. The van der Waals surface area contributed by atoms with Gasteiger partial charge in [-0.25, -0.2) is 0 Å². The van der Waals surface area contributed by atoms with Gasteiger partial charge in [0, 0.05) is 5.56 Å². The van der Waals surface area contributed by atoms with Crippen molar-refractivity contribution in [2.24, 2.45) is 0 Å². The summed E-state index contributed by atoms with van der Waals surface area (Å²) >= 11 is 0. The fourth-order valence-corrected chi connectivity index (χ4v) is 2.45. The van der Waals surface area contributed by atoms with E-state index < -0.39 is 0 Å². The van der Waals surface area contributed by atoms with Crippen LogP contribution < -0.4 is 5.56 Å². The standard InChI is InChI=1S/C16H18N2O2/c1-2-4-13-15(19)17-14(18-16(13)20)12-6-3-5-11(9-12)10-7-8-10/h3,5-6,9-10H,2,4,7-8H2,1H3,(H2,17,18,19,20). The van der Waals surface area contributed by atoms with Crippen LogP contribution in [0.3, 0.4) is 0 Å². The molecule has 2 N–H and O–H groups in total. The van der Waals surface area contributed by atoms with Crippen molar-refractivity contribution in [1.29, 1.82) is 0 Å². The molecule has 0 aliphatic heterocycles. The molecule has 0 spiro atoms. The maximum atomic E-state index is 12.0. The Balaban J connectivity index is 2.01. The number of aromatic hydroxyl groups is 1. The third-order valence-corrected chi connectivity index (χ3v) is 3.70. The van der Waals surface area contributed by atoms with Crippen LogP contribution in [0.4, 0.5) is 0 Å². The van der Waals surface area contributed by atoms with Crippen LogP contribution in [0.2, 0.25) is 0 Å². The number of H-pyrrole nitrogens is 1. The lowest BCUT2D eigenvalue weighted by molar-refractivity contribution is 0.443. The van der Waals surface area contributed by atoms with E-state index in [0.29, 0.717) is 23.7 Å². The summed E-state index contributed by atoms with van der Waals surface area (Å²) in [7, 11) is 0. The highest BCUT2D eigenvalue weighted by Gasteiger charge is 2.23. The van der Waals surface area contributed by atoms with Crippen molar-refractivity contribution in [3.8, 4) is 17.3 Å². The molecule has 4 heteroatoms. The molecule has 0 bridgehead atoms. The van der Waals surface area contributed by atoms with Gasteiger partial charge in [-0.3, -0.25) is 4.79 Å². The number of benzene rings is 1. The fraction of sp³-hybridized carbons (Fsp3) is 0.375. The van der Waals surface area contributed by atoms with Gasteiger partial charge >= 0.3 is 0 Å². The zero-order chi connectivity index (χ0) is 14.1. The minimum absolute atomic E-state index is 0.151. The van der Waals surface area contributed by atoms with E-state index in [1.54, 1.807) is 0 Å². The van der Waals surface area contributed by atoms with Crippen LogP contribution in [0.5, 0.6) is 5.88 Å². The molecule has 1 aliphatic carbocycles. The zero-order valence-corrected chi connectivity index (χ0v) is 11.5. The van der Waals surface area contributed by atoms with Crippen LogP contribution >= 0.6 is 0 Å². The van der Waals surface area contributed by atoms with E-state index in [0.717, 1.165) is 12.0 Å². The third kappa shape index (κ3) is 2.46. The Morgan fingerprint density at radius 3 is 2.85 bits per heavy atom. The first kappa shape index (κ1) is 12.9. The molecule has 1 aliphatic rings. The minimum atomic E-state index is -0.244. The monoisotopic (exact) mass is 270 g/mol. The molecule has 20 heavy (non-hydrogen) atoms. The van der Waals surface area contributed by atoms with Gasteiger partial charge in [0.25, 0.3) is 5.56 Å². The molecule has 1 aromatic carbocycles. The Hall–Kier alpha value is -2.10. The van der Waals surface area contributed by atoms with Gasteiger partial charge in [-0.05, 0) is 36.8 Å². The first-order valence-corrected chi connectivity index (χ1v) is 7.11. The van der Waals surface area contributed by atoms with Crippen LogP contribution in [-0.4, -0.2) is 15.1 Å². The number of nitrogens with zero attached hydrogens (tertiary/aromatic N) is 1. The average molecular weight is 270 g/mol. The highest BCUT2D eigenvalue weighted by molar-refractivity contribution is 5.57. The molecular formula is C16H18N2O2. The molecule has 1 heterocycles. The van der Waals surface area contributed by atoms with E-state index in [1.165, 1.54) is 18.4 Å². The normalized spacial score (nSPS) is 14.4. The van der Waals surface area contributed by atoms with E-state index in [4.69, 9.17) is 0 Å². The first-order chi connectivity index (χ1) is 9.69. The molecule has 1 aromatic heterocycles. The summed E-state index contributed by atoms with van der Waals surface area (Å²) < 4.78 is 0. The fourth-order valence-electron chi connectivity index (χ4n) is 2.45. The van der Waals surface area contributed by atoms with E-state index in [1.807, 2.05) is 19.1 Å². The largest absolute Gasteiger partial charge is 0.493 e. The van der Waals surface area contributed by atoms with Crippen molar-refractivity contribution in [3.05, 3.63) is 45.7 Å². The van der Waals surface area contributed by atoms with Crippen LogP contribution in [0, 0.1) is 0 Å². The summed E-state index contributed by atoms with van der Waals surface area (Å²) in [6, 6.07) is 8.03. The number of rotatable bonds is 4. The average Bonchev–Trinajstić information content (AvgIpc) is 3.27. The van der Waals surface area contributed by atoms with Gasteiger partial charge in [0.1, 0.15) is 5.82 Å². The Morgan fingerprint density at radius 1 is 1.40 bits per heavy atom. The lowest BCUT2D eigenvalue weighted by atomic mass is 10.1. The summed E-state index contributed by atoms with van der Waals surface area (Å²) in [5, 5.41) is 9.92. The van der Waals surface area contributed by atoms with E-state index in [2.05, 4.69) is 22.1 Å². The number of hydrogen-bond donors (Lipinski definition) is 2. The van der Waals surface area contributed by atoms with Crippen molar-refractivity contribution in [2.75, 3.05) is 0 Å². The summed E-state index contributed by atoms with van der Waals surface area (Å²) in [6.45, 7) is 1.96. The lowest BCUT2D eigenvalue weighted by Crippen LogP contribution is -2.15. The van der Waals surface area contributed by atoms with Crippen LogP contribution in [0.1, 0.15) is 43.2 Å². The molecule has 2 aromatic rings. The van der Waals surface area contributed by atoms with Gasteiger partial charge in [-0.2, -0.15) is 4.98 Å². The topological polar surface area (TPSA) is 66.0 Å². The maximum absolute atomic E-state index is 12.0. The Bertz CT molecular complexity index is 687. The second-order valence-corrected chi connectivity index (χ2v) is 5.37. The number of aromatic amines is 1. The molecule has 0 amide bonds. The van der Waals surface area contributed by atoms with Crippen LogP contribution in [0.15, 0.2) is 29.1 Å². The van der Waals surface area contributed by atoms with Gasteiger partial charge < -0.3 is 10.1 Å². The van der Waals surface area contributed by atoms with Crippen molar-refractivity contribution in [1.82, 2.24) is 9.97 Å². The van der Waals surface area contributed by atoms with Crippen LogP contribution in [0.25, 0.3) is 11.4 Å². The van der Waals surface area contributed by atoms with Gasteiger partial charge in [0.05, 0.1) is 5.56 Å². The summed E-state index contributed by atoms with van der Waals surface area (Å²) in [4.78, 5) is 18.9. The quantitative estimate of drug-likeness (QED) is 0.897.